The zero-order valence-electron chi connectivity index (χ0n) is 15.0. The smallest absolute Gasteiger partial charge is 0.339 e. The van der Waals surface area contributed by atoms with Crippen molar-refractivity contribution in [2.45, 2.75) is 26.2 Å². The molecule has 1 aliphatic rings. The van der Waals surface area contributed by atoms with Crippen LogP contribution in [0.2, 0.25) is 0 Å². The van der Waals surface area contributed by atoms with Crippen molar-refractivity contribution < 1.29 is 18.7 Å². The molecule has 1 aromatic carbocycles. The highest BCUT2D eigenvalue weighted by Crippen LogP contribution is 2.36. The molecule has 0 N–H and O–H groups in total. The minimum atomic E-state index is -0.473. The van der Waals surface area contributed by atoms with E-state index in [1.165, 1.54) is 6.92 Å². The molecular weight excluding hydrogens is 342 g/mol. The average Bonchev–Trinajstić information content (AvgIpc) is 3.18. The van der Waals surface area contributed by atoms with Gasteiger partial charge in [0.05, 0.1) is 23.0 Å². The van der Waals surface area contributed by atoms with Gasteiger partial charge in [-0.2, -0.15) is 0 Å². The van der Waals surface area contributed by atoms with Gasteiger partial charge in [0.2, 0.25) is 0 Å². The fourth-order valence-corrected chi connectivity index (χ4v) is 3.49. The maximum Gasteiger partial charge on any atom is 0.339 e. The number of para-hydroxylation sites is 1. The number of hydrogen-bond acceptors (Lipinski definition) is 5. The standard InChI is InChI=1S/C22H19NO4/c1-14(24)13-27-22(25)20-17-8-2-3-10-19(17)23-21-15(6-4-9-18(20)21)12-16-7-5-11-26-16/h2-3,5,7-8,10-12H,4,6,9,13H2,1H3. The van der Waals surface area contributed by atoms with Gasteiger partial charge in [0.15, 0.2) is 5.78 Å². The summed E-state index contributed by atoms with van der Waals surface area (Å²) in [6.07, 6.45) is 6.12. The lowest BCUT2D eigenvalue weighted by Gasteiger charge is -2.22. The summed E-state index contributed by atoms with van der Waals surface area (Å²) in [5.41, 5.74) is 3.98. The Hall–Kier alpha value is -3.21. The highest BCUT2D eigenvalue weighted by atomic mass is 16.5. The molecule has 0 unspecified atom stereocenters. The molecule has 136 valence electrons. The minimum absolute atomic E-state index is 0.186. The summed E-state index contributed by atoms with van der Waals surface area (Å²) in [6.45, 7) is 1.18. The van der Waals surface area contributed by atoms with Gasteiger partial charge in [-0.3, -0.25) is 4.79 Å². The molecule has 5 heteroatoms. The molecule has 0 saturated heterocycles. The van der Waals surface area contributed by atoms with Crippen molar-refractivity contribution >= 4 is 34.3 Å². The van der Waals surface area contributed by atoms with Crippen LogP contribution in [0.15, 0.2) is 47.1 Å². The molecule has 0 aliphatic heterocycles. The van der Waals surface area contributed by atoms with Crippen molar-refractivity contribution in [3.05, 3.63) is 65.2 Å². The van der Waals surface area contributed by atoms with E-state index in [9.17, 15) is 9.59 Å². The van der Waals surface area contributed by atoms with Crippen LogP contribution in [0.3, 0.4) is 0 Å². The molecule has 0 amide bonds. The lowest BCUT2D eigenvalue weighted by Crippen LogP contribution is -2.17. The van der Waals surface area contributed by atoms with Crippen LogP contribution in [0.5, 0.6) is 0 Å². The molecule has 4 rings (SSSR count). The Morgan fingerprint density at radius 3 is 2.81 bits per heavy atom. The minimum Gasteiger partial charge on any atom is -0.465 e. The molecule has 2 heterocycles. The largest absolute Gasteiger partial charge is 0.465 e. The maximum absolute atomic E-state index is 12.8. The first kappa shape index (κ1) is 17.2. The van der Waals surface area contributed by atoms with Crippen LogP contribution in [0.25, 0.3) is 22.6 Å². The van der Waals surface area contributed by atoms with E-state index in [0.29, 0.717) is 5.56 Å². The van der Waals surface area contributed by atoms with E-state index in [4.69, 9.17) is 14.1 Å². The number of Topliss-reactive ketones (excluding diaryl/α,β-unsaturated/α-hetero) is 1. The Kier molecular flexibility index (Phi) is 4.59. The highest BCUT2D eigenvalue weighted by molar-refractivity contribution is 6.07. The number of benzene rings is 1. The normalized spacial score (nSPS) is 14.9. The lowest BCUT2D eigenvalue weighted by atomic mass is 9.86. The maximum atomic E-state index is 12.8. The van der Waals surface area contributed by atoms with Crippen LogP contribution in [-0.4, -0.2) is 23.3 Å². The molecule has 27 heavy (non-hydrogen) atoms. The number of carbonyl (C=O) groups excluding carboxylic acids is 2. The van der Waals surface area contributed by atoms with Gasteiger partial charge in [0.25, 0.3) is 0 Å². The van der Waals surface area contributed by atoms with Crippen molar-refractivity contribution in [3.8, 4) is 0 Å². The summed E-state index contributed by atoms with van der Waals surface area (Å²) in [5.74, 6) is 0.0989. The molecule has 0 fully saturated rings. The van der Waals surface area contributed by atoms with E-state index in [0.717, 1.165) is 52.8 Å². The predicted molar refractivity (Wildman–Crippen MR) is 102 cm³/mol. The third kappa shape index (κ3) is 3.40. The van der Waals surface area contributed by atoms with Gasteiger partial charge in [-0.15, -0.1) is 0 Å². The summed E-state index contributed by atoms with van der Waals surface area (Å²) < 4.78 is 10.7. The Balaban J connectivity index is 1.89. The third-order valence-corrected chi connectivity index (χ3v) is 4.64. The quantitative estimate of drug-likeness (QED) is 0.642. The van der Waals surface area contributed by atoms with Crippen LogP contribution in [0.4, 0.5) is 0 Å². The second kappa shape index (κ2) is 7.19. The first-order valence-corrected chi connectivity index (χ1v) is 8.96. The highest BCUT2D eigenvalue weighted by Gasteiger charge is 2.26. The summed E-state index contributed by atoms with van der Waals surface area (Å²) in [6, 6.07) is 11.3. The van der Waals surface area contributed by atoms with Crippen molar-refractivity contribution in [1.29, 1.82) is 0 Å². The van der Waals surface area contributed by atoms with Crippen molar-refractivity contribution in [2.75, 3.05) is 6.61 Å². The van der Waals surface area contributed by atoms with Gasteiger partial charge in [-0.25, -0.2) is 9.78 Å². The molecule has 0 atom stereocenters. The number of hydrogen-bond donors (Lipinski definition) is 0. The van der Waals surface area contributed by atoms with E-state index in [-0.39, 0.29) is 12.4 Å². The number of furan rings is 1. The first-order valence-electron chi connectivity index (χ1n) is 8.96. The molecule has 1 aliphatic carbocycles. The molecule has 3 aromatic rings. The zero-order valence-corrected chi connectivity index (χ0v) is 15.0. The summed E-state index contributed by atoms with van der Waals surface area (Å²) in [4.78, 5) is 28.9. The molecule has 0 saturated carbocycles. The molecular formula is C22H19NO4. The van der Waals surface area contributed by atoms with Crippen LogP contribution in [0, 0.1) is 0 Å². The van der Waals surface area contributed by atoms with Crippen LogP contribution in [0.1, 0.15) is 47.1 Å². The molecule has 2 aromatic heterocycles. The van der Waals surface area contributed by atoms with Gasteiger partial charge < -0.3 is 9.15 Å². The Morgan fingerprint density at radius 2 is 2.04 bits per heavy atom. The number of ketones is 1. The number of fused-ring (bicyclic) bond motifs is 2. The number of rotatable bonds is 4. The van der Waals surface area contributed by atoms with Crippen LogP contribution in [-0.2, 0) is 16.0 Å². The Labute approximate surface area is 156 Å². The summed E-state index contributed by atoms with van der Waals surface area (Å²) >= 11 is 0. The Morgan fingerprint density at radius 1 is 1.19 bits per heavy atom. The number of nitrogens with zero attached hydrogens (tertiary/aromatic N) is 1. The van der Waals surface area contributed by atoms with E-state index in [1.54, 1.807) is 6.26 Å². The number of pyridine rings is 1. The monoisotopic (exact) mass is 361 g/mol. The zero-order chi connectivity index (χ0) is 18.8. The van der Waals surface area contributed by atoms with Gasteiger partial charge in [-0.1, -0.05) is 18.2 Å². The van der Waals surface area contributed by atoms with E-state index in [2.05, 4.69) is 0 Å². The lowest BCUT2D eigenvalue weighted by molar-refractivity contribution is -0.120. The second-order valence-corrected chi connectivity index (χ2v) is 6.65. The summed E-state index contributed by atoms with van der Waals surface area (Å²) in [5, 5.41) is 0.754. The Bertz CT molecular complexity index is 1050. The fourth-order valence-electron chi connectivity index (χ4n) is 3.49. The van der Waals surface area contributed by atoms with E-state index < -0.39 is 5.97 Å². The molecule has 0 bridgehead atoms. The fraction of sp³-hybridized carbons (Fsp3) is 0.227. The van der Waals surface area contributed by atoms with Crippen LogP contribution >= 0.6 is 0 Å². The topological polar surface area (TPSA) is 69.4 Å². The summed E-state index contributed by atoms with van der Waals surface area (Å²) in [7, 11) is 0. The van der Waals surface area contributed by atoms with Crippen LogP contribution < -0.4 is 0 Å². The van der Waals surface area contributed by atoms with Gasteiger partial charge >= 0.3 is 5.97 Å². The molecule has 5 nitrogen and oxygen atoms in total. The third-order valence-electron chi connectivity index (χ3n) is 4.64. The second-order valence-electron chi connectivity index (χ2n) is 6.65. The molecule has 0 radical (unpaired) electrons. The first-order chi connectivity index (χ1) is 13.1. The number of aromatic nitrogens is 1. The number of ether oxygens (including phenoxy) is 1. The number of esters is 1. The van der Waals surface area contributed by atoms with Gasteiger partial charge in [0.1, 0.15) is 12.4 Å². The predicted octanol–water partition coefficient (Wildman–Crippen LogP) is 4.45. The number of carbonyl (C=O) groups is 2. The number of allylic oxidation sites excluding steroid dienone is 1. The van der Waals surface area contributed by atoms with Crippen molar-refractivity contribution in [3.63, 3.8) is 0 Å². The average molecular weight is 361 g/mol. The van der Waals surface area contributed by atoms with E-state index >= 15 is 0 Å². The van der Waals surface area contributed by atoms with E-state index in [1.807, 2.05) is 42.5 Å². The molecule has 0 spiro atoms. The van der Waals surface area contributed by atoms with Crippen molar-refractivity contribution in [1.82, 2.24) is 4.98 Å². The SMILES string of the molecule is CC(=O)COC(=O)c1c2c(nc3ccccc13)C(=Cc1ccco1)CCC2. The van der Waals surface area contributed by atoms with Gasteiger partial charge in [0, 0.05) is 5.39 Å². The van der Waals surface area contributed by atoms with Crippen molar-refractivity contribution in [2.24, 2.45) is 0 Å². The van der Waals surface area contributed by atoms with Gasteiger partial charge in [-0.05, 0) is 61.6 Å².